The molecule has 0 amide bonds. The van der Waals surface area contributed by atoms with E-state index in [1.165, 1.54) is 5.56 Å². The van der Waals surface area contributed by atoms with E-state index in [1.807, 2.05) is 0 Å². The highest BCUT2D eigenvalue weighted by molar-refractivity contribution is 14.0. The van der Waals surface area contributed by atoms with Gasteiger partial charge in [0.05, 0.1) is 13.2 Å². The van der Waals surface area contributed by atoms with Gasteiger partial charge in [0.2, 0.25) is 0 Å². The molecular weight excluding hydrogens is 435 g/mol. The first kappa shape index (κ1) is 21.7. The minimum Gasteiger partial charge on any atom is -0.379 e. The van der Waals surface area contributed by atoms with Crippen LogP contribution in [0.5, 0.6) is 0 Å². The second-order valence-corrected chi connectivity index (χ2v) is 6.98. The maximum Gasteiger partial charge on any atom is 0.193 e. The molecule has 2 heterocycles. The lowest BCUT2D eigenvalue weighted by molar-refractivity contribution is 0.0323. The molecule has 1 aromatic rings. The molecule has 0 aromatic carbocycles. The first-order chi connectivity index (χ1) is 11.2. The van der Waals surface area contributed by atoms with E-state index in [4.69, 9.17) is 9.73 Å². The molecule has 0 aliphatic carbocycles. The number of aliphatic imine (C=N–C) groups is 1. The van der Waals surface area contributed by atoms with Gasteiger partial charge in [0, 0.05) is 46.3 Å². The van der Waals surface area contributed by atoms with Gasteiger partial charge >= 0.3 is 0 Å². The Kier molecular flexibility index (Phi) is 10.9. The maximum atomic E-state index is 5.41. The van der Waals surface area contributed by atoms with E-state index in [-0.39, 0.29) is 24.0 Å². The summed E-state index contributed by atoms with van der Waals surface area (Å²) in [6.45, 7) is 12.0. The first-order valence-corrected chi connectivity index (χ1v) is 9.44. The monoisotopic (exact) mass is 466 g/mol. The number of ether oxygens (including phenoxy) is 1. The molecule has 2 rings (SSSR count). The summed E-state index contributed by atoms with van der Waals surface area (Å²) in [5, 5.41) is 7.72. The predicted octanol–water partition coefficient (Wildman–Crippen LogP) is 2.73. The molecule has 1 aliphatic rings. The molecular formula is C17H31IN4OS. The molecule has 5 nitrogen and oxygen atoms in total. The molecule has 1 aliphatic heterocycles. The molecule has 1 aromatic heterocycles. The summed E-state index contributed by atoms with van der Waals surface area (Å²) in [7, 11) is 2.10. The molecule has 0 spiro atoms. The molecule has 24 heavy (non-hydrogen) atoms. The number of halogens is 1. The van der Waals surface area contributed by atoms with E-state index >= 15 is 0 Å². The number of guanidine groups is 1. The quantitative estimate of drug-likeness (QED) is 0.381. The molecule has 1 N–H and O–H groups in total. The van der Waals surface area contributed by atoms with Gasteiger partial charge in [-0.3, -0.25) is 9.89 Å². The van der Waals surface area contributed by atoms with E-state index in [2.05, 4.69) is 52.8 Å². The number of hydrogen-bond acceptors (Lipinski definition) is 4. The van der Waals surface area contributed by atoms with Crippen molar-refractivity contribution in [1.29, 1.82) is 0 Å². The van der Waals surface area contributed by atoms with E-state index in [0.717, 1.165) is 58.4 Å². The number of morpholine rings is 1. The molecule has 0 radical (unpaired) electrons. The first-order valence-electron chi connectivity index (χ1n) is 8.49. The summed E-state index contributed by atoms with van der Waals surface area (Å²) in [5.41, 5.74) is 1.34. The van der Waals surface area contributed by atoms with Gasteiger partial charge in [-0.2, -0.15) is 11.3 Å². The van der Waals surface area contributed by atoms with Gasteiger partial charge in [0.15, 0.2) is 5.96 Å². The van der Waals surface area contributed by atoms with E-state index < -0.39 is 0 Å². The molecule has 138 valence electrons. The lowest BCUT2D eigenvalue weighted by Gasteiger charge is -2.29. The van der Waals surface area contributed by atoms with Crippen molar-refractivity contribution in [3.05, 3.63) is 22.4 Å². The standard InChI is InChI=1S/C17H30N4OS.HI/c1-4-18-17(20(3)13-16-5-10-23-14-16)19-11-15(2)12-21-6-8-22-9-7-21;/h5,10,14-15H,4,6-9,11-13H2,1-3H3,(H,18,19);1H. The average Bonchev–Trinajstić information content (AvgIpc) is 3.05. The second-order valence-electron chi connectivity index (χ2n) is 6.20. The highest BCUT2D eigenvalue weighted by Crippen LogP contribution is 2.09. The number of nitrogens with zero attached hydrogens (tertiary/aromatic N) is 3. The summed E-state index contributed by atoms with van der Waals surface area (Å²) >= 11 is 1.74. The number of thiophene rings is 1. The predicted molar refractivity (Wildman–Crippen MR) is 114 cm³/mol. The Morgan fingerprint density at radius 2 is 2.21 bits per heavy atom. The Hall–Kier alpha value is -0.380. The van der Waals surface area contributed by atoms with Gasteiger partial charge in [-0.15, -0.1) is 24.0 Å². The van der Waals surface area contributed by atoms with Crippen molar-refractivity contribution in [2.24, 2.45) is 10.9 Å². The molecule has 1 unspecified atom stereocenters. The van der Waals surface area contributed by atoms with Crippen molar-refractivity contribution in [3.63, 3.8) is 0 Å². The lowest BCUT2D eigenvalue weighted by Crippen LogP contribution is -2.40. The highest BCUT2D eigenvalue weighted by Gasteiger charge is 2.14. The zero-order chi connectivity index (χ0) is 16.5. The van der Waals surface area contributed by atoms with E-state index in [1.54, 1.807) is 11.3 Å². The Morgan fingerprint density at radius 3 is 2.83 bits per heavy atom. The number of nitrogens with one attached hydrogen (secondary N) is 1. The fraction of sp³-hybridized carbons (Fsp3) is 0.706. The third-order valence-corrected chi connectivity index (χ3v) is 4.65. The van der Waals surface area contributed by atoms with E-state index in [9.17, 15) is 0 Å². The largest absolute Gasteiger partial charge is 0.379 e. The molecule has 1 fully saturated rings. The van der Waals surface area contributed by atoms with Crippen molar-refractivity contribution in [2.45, 2.75) is 20.4 Å². The van der Waals surface area contributed by atoms with Crippen LogP contribution in [0.15, 0.2) is 21.8 Å². The Labute approximate surface area is 167 Å². The summed E-state index contributed by atoms with van der Waals surface area (Å²) < 4.78 is 5.41. The van der Waals surface area contributed by atoms with Crippen molar-refractivity contribution in [3.8, 4) is 0 Å². The lowest BCUT2D eigenvalue weighted by atomic mass is 10.1. The minimum atomic E-state index is 0. The van der Waals surface area contributed by atoms with Crippen LogP contribution >= 0.6 is 35.3 Å². The molecule has 1 saturated heterocycles. The van der Waals surface area contributed by atoms with Gasteiger partial charge in [0.1, 0.15) is 0 Å². The van der Waals surface area contributed by atoms with Crippen molar-refractivity contribution < 1.29 is 4.74 Å². The van der Waals surface area contributed by atoms with Crippen LogP contribution in [0, 0.1) is 5.92 Å². The van der Waals surface area contributed by atoms with Crippen LogP contribution < -0.4 is 5.32 Å². The zero-order valence-corrected chi connectivity index (χ0v) is 18.2. The number of rotatable bonds is 7. The average molecular weight is 466 g/mol. The van der Waals surface area contributed by atoms with Crippen LogP contribution in [0.4, 0.5) is 0 Å². The Bertz CT molecular complexity index is 463. The topological polar surface area (TPSA) is 40.1 Å². The van der Waals surface area contributed by atoms with Gasteiger partial charge < -0.3 is 15.0 Å². The SMILES string of the molecule is CCNC(=NCC(C)CN1CCOCC1)N(C)Cc1ccsc1.I. The molecule has 1 atom stereocenters. The van der Waals surface area contributed by atoms with Crippen LogP contribution in [-0.2, 0) is 11.3 Å². The molecule has 7 heteroatoms. The van der Waals surface area contributed by atoms with Crippen LogP contribution in [0.1, 0.15) is 19.4 Å². The second kappa shape index (κ2) is 12.1. The van der Waals surface area contributed by atoms with Crippen molar-refractivity contribution in [2.75, 3.05) is 53.0 Å². The summed E-state index contributed by atoms with van der Waals surface area (Å²) in [6.07, 6.45) is 0. The van der Waals surface area contributed by atoms with Gasteiger partial charge in [-0.25, -0.2) is 0 Å². The third-order valence-electron chi connectivity index (χ3n) is 3.92. The van der Waals surface area contributed by atoms with E-state index in [0.29, 0.717) is 5.92 Å². The van der Waals surface area contributed by atoms with Gasteiger partial charge in [0.25, 0.3) is 0 Å². The summed E-state index contributed by atoms with van der Waals surface area (Å²) in [6, 6.07) is 2.17. The normalized spacial score (nSPS) is 17.2. The molecule has 0 bridgehead atoms. The Balaban J connectivity index is 0.00000288. The van der Waals surface area contributed by atoms with Crippen LogP contribution in [0.25, 0.3) is 0 Å². The molecule has 0 saturated carbocycles. The minimum absolute atomic E-state index is 0. The van der Waals surface area contributed by atoms with Crippen LogP contribution in [0.3, 0.4) is 0 Å². The fourth-order valence-electron chi connectivity index (χ4n) is 2.73. The Morgan fingerprint density at radius 1 is 1.46 bits per heavy atom. The smallest absolute Gasteiger partial charge is 0.193 e. The van der Waals surface area contributed by atoms with Crippen molar-refractivity contribution in [1.82, 2.24) is 15.1 Å². The zero-order valence-electron chi connectivity index (χ0n) is 15.0. The maximum absolute atomic E-state index is 5.41. The fourth-order valence-corrected chi connectivity index (χ4v) is 3.39. The summed E-state index contributed by atoms with van der Waals surface area (Å²) in [4.78, 5) is 9.52. The third kappa shape index (κ3) is 7.67. The summed E-state index contributed by atoms with van der Waals surface area (Å²) in [5.74, 6) is 1.55. The highest BCUT2D eigenvalue weighted by atomic mass is 127. The number of hydrogen-bond donors (Lipinski definition) is 1. The van der Waals surface area contributed by atoms with Crippen LogP contribution in [-0.4, -0.2) is 68.7 Å². The van der Waals surface area contributed by atoms with Crippen LogP contribution in [0.2, 0.25) is 0 Å². The van der Waals surface area contributed by atoms with Gasteiger partial charge in [-0.05, 0) is 35.2 Å². The van der Waals surface area contributed by atoms with Gasteiger partial charge in [-0.1, -0.05) is 6.92 Å². The van der Waals surface area contributed by atoms with Crippen molar-refractivity contribution >= 4 is 41.3 Å².